The summed E-state index contributed by atoms with van der Waals surface area (Å²) in [5.41, 5.74) is 5.47. The molecule has 2 heterocycles. The van der Waals surface area contributed by atoms with Crippen LogP contribution in [0.5, 0.6) is 0 Å². The van der Waals surface area contributed by atoms with Crippen molar-refractivity contribution in [2.24, 2.45) is 5.92 Å². The van der Waals surface area contributed by atoms with Crippen LogP contribution in [0, 0.1) is 5.92 Å². The number of piperidine rings is 1. The zero-order valence-electron chi connectivity index (χ0n) is 8.22. The molecular formula is C9H12N4OS. The van der Waals surface area contributed by atoms with Gasteiger partial charge in [0, 0.05) is 12.6 Å². The van der Waals surface area contributed by atoms with Crippen LogP contribution in [0.15, 0.2) is 0 Å². The molecule has 0 radical (unpaired) electrons. The van der Waals surface area contributed by atoms with Crippen LogP contribution in [0.1, 0.15) is 29.1 Å². The van der Waals surface area contributed by atoms with E-state index < -0.39 is 0 Å². The number of carbonyl (C=O) groups excluding carboxylic acids is 1. The first-order valence-electron chi connectivity index (χ1n) is 5.14. The molecule has 1 aromatic rings. The second-order valence-electron chi connectivity index (χ2n) is 4.24. The van der Waals surface area contributed by atoms with Crippen molar-refractivity contribution in [2.45, 2.75) is 25.3 Å². The molecule has 2 N–H and O–H groups in total. The van der Waals surface area contributed by atoms with Gasteiger partial charge in [0.05, 0.1) is 0 Å². The van der Waals surface area contributed by atoms with Gasteiger partial charge in [-0.1, -0.05) is 11.3 Å². The van der Waals surface area contributed by atoms with Crippen LogP contribution in [-0.2, 0) is 0 Å². The molecule has 6 heteroatoms. The maximum atomic E-state index is 12.0. The van der Waals surface area contributed by atoms with E-state index in [0.29, 0.717) is 22.1 Å². The number of nitrogens with two attached hydrogens (primary N) is 1. The molecule has 0 spiro atoms. The highest BCUT2D eigenvalue weighted by atomic mass is 32.1. The maximum Gasteiger partial charge on any atom is 0.285 e. The second kappa shape index (κ2) is 3.16. The maximum absolute atomic E-state index is 12.0. The molecule has 3 rings (SSSR count). The fourth-order valence-electron chi connectivity index (χ4n) is 2.62. The molecule has 2 bridgehead atoms. The minimum atomic E-state index is 0.0106. The minimum Gasteiger partial charge on any atom is -0.374 e. The fourth-order valence-corrected chi connectivity index (χ4v) is 3.18. The number of anilines is 1. The van der Waals surface area contributed by atoms with Gasteiger partial charge in [-0.3, -0.25) is 4.79 Å². The molecule has 80 valence electrons. The van der Waals surface area contributed by atoms with Gasteiger partial charge in [-0.05, 0) is 25.2 Å². The van der Waals surface area contributed by atoms with Crippen LogP contribution in [-0.4, -0.2) is 33.6 Å². The third-order valence-electron chi connectivity index (χ3n) is 3.29. The Balaban J connectivity index is 1.81. The van der Waals surface area contributed by atoms with Crippen LogP contribution < -0.4 is 5.73 Å². The van der Waals surface area contributed by atoms with Gasteiger partial charge in [0.15, 0.2) is 0 Å². The number of likely N-dealkylation sites (tertiary alicyclic amines) is 1. The highest BCUT2D eigenvalue weighted by Gasteiger charge is 2.41. The third-order valence-corrected chi connectivity index (χ3v) is 4.03. The van der Waals surface area contributed by atoms with E-state index in [2.05, 4.69) is 10.2 Å². The zero-order chi connectivity index (χ0) is 10.4. The normalized spacial score (nSPS) is 28.7. The van der Waals surface area contributed by atoms with Crippen molar-refractivity contribution in [1.29, 1.82) is 0 Å². The van der Waals surface area contributed by atoms with Crippen molar-refractivity contribution >= 4 is 22.4 Å². The molecule has 2 aliphatic rings. The SMILES string of the molecule is Nc1nnc(C(=O)N2CC3CCC2C3)s1. The predicted molar refractivity (Wildman–Crippen MR) is 56.5 cm³/mol. The van der Waals surface area contributed by atoms with Gasteiger partial charge >= 0.3 is 0 Å². The molecular weight excluding hydrogens is 212 g/mol. The molecule has 1 aromatic heterocycles. The Bertz CT molecular complexity index is 405. The average Bonchev–Trinajstić information content (AvgIpc) is 2.90. The summed E-state index contributed by atoms with van der Waals surface area (Å²) >= 11 is 1.17. The summed E-state index contributed by atoms with van der Waals surface area (Å²) in [7, 11) is 0. The lowest BCUT2D eigenvalue weighted by atomic mass is 10.1. The van der Waals surface area contributed by atoms with E-state index in [1.165, 1.54) is 24.2 Å². The molecule has 2 atom stereocenters. The number of amides is 1. The number of nitrogens with zero attached hydrogens (tertiary/aromatic N) is 3. The highest BCUT2D eigenvalue weighted by molar-refractivity contribution is 7.16. The number of fused-ring (bicyclic) bond motifs is 2. The van der Waals surface area contributed by atoms with Gasteiger partial charge in [0.25, 0.3) is 5.91 Å². The van der Waals surface area contributed by atoms with E-state index in [0.717, 1.165) is 13.0 Å². The third kappa shape index (κ3) is 1.40. The van der Waals surface area contributed by atoms with Crippen molar-refractivity contribution in [2.75, 3.05) is 12.3 Å². The number of hydrogen-bond donors (Lipinski definition) is 1. The predicted octanol–water partition coefficient (Wildman–Crippen LogP) is 0.745. The standard InChI is InChI=1S/C9H12N4OS/c10-9-12-11-7(15-9)8(14)13-4-5-1-2-6(13)3-5/h5-6H,1-4H2,(H2,10,12). The molecule has 2 unspecified atom stereocenters. The number of aromatic nitrogens is 2. The van der Waals surface area contributed by atoms with Gasteiger partial charge in [0.1, 0.15) is 0 Å². The summed E-state index contributed by atoms with van der Waals surface area (Å²) in [5, 5.41) is 8.26. The highest BCUT2D eigenvalue weighted by Crippen LogP contribution is 2.38. The van der Waals surface area contributed by atoms with Crippen LogP contribution in [0.4, 0.5) is 5.13 Å². The molecule has 1 aliphatic heterocycles. The molecule has 5 nitrogen and oxygen atoms in total. The van der Waals surface area contributed by atoms with Gasteiger partial charge in [-0.15, -0.1) is 10.2 Å². The summed E-state index contributed by atoms with van der Waals surface area (Å²) < 4.78 is 0. The Kier molecular flexibility index (Phi) is 1.92. The zero-order valence-corrected chi connectivity index (χ0v) is 9.04. The Morgan fingerprint density at radius 3 is 2.87 bits per heavy atom. The van der Waals surface area contributed by atoms with Crippen LogP contribution in [0.3, 0.4) is 0 Å². The quantitative estimate of drug-likeness (QED) is 0.763. The summed E-state index contributed by atoms with van der Waals surface area (Å²) in [6, 6.07) is 0.438. The van der Waals surface area contributed by atoms with Crippen molar-refractivity contribution in [3.05, 3.63) is 5.01 Å². The van der Waals surface area contributed by atoms with Crippen LogP contribution in [0.2, 0.25) is 0 Å². The summed E-state index contributed by atoms with van der Waals surface area (Å²) in [6.07, 6.45) is 3.58. The molecule has 2 fully saturated rings. The van der Waals surface area contributed by atoms with E-state index in [-0.39, 0.29) is 5.91 Å². The average molecular weight is 224 g/mol. The molecule has 1 saturated heterocycles. The lowest BCUT2D eigenvalue weighted by Crippen LogP contribution is -2.37. The van der Waals surface area contributed by atoms with E-state index >= 15 is 0 Å². The van der Waals surface area contributed by atoms with Crippen LogP contribution in [0.25, 0.3) is 0 Å². The summed E-state index contributed by atoms with van der Waals surface area (Å²) in [4.78, 5) is 14.0. The number of nitrogen functional groups attached to an aromatic ring is 1. The lowest BCUT2D eigenvalue weighted by molar-refractivity contribution is 0.0702. The Hall–Kier alpha value is -1.17. The number of rotatable bonds is 1. The molecule has 1 amide bonds. The van der Waals surface area contributed by atoms with Gasteiger partial charge in [-0.2, -0.15) is 0 Å². The van der Waals surface area contributed by atoms with E-state index in [4.69, 9.17) is 5.73 Å². The first kappa shape index (κ1) is 9.08. The van der Waals surface area contributed by atoms with Crippen molar-refractivity contribution < 1.29 is 4.79 Å². The lowest BCUT2D eigenvalue weighted by Gasteiger charge is -2.25. The smallest absolute Gasteiger partial charge is 0.285 e. The molecule has 1 aliphatic carbocycles. The Labute approximate surface area is 91.3 Å². The van der Waals surface area contributed by atoms with Crippen molar-refractivity contribution in [3.8, 4) is 0 Å². The molecule has 0 aromatic carbocycles. The van der Waals surface area contributed by atoms with Gasteiger partial charge in [-0.25, -0.2) is 0 Å². The van der Waals surface area contributed by atoms with Crippen LogP contribution >= 0.6 is 11.3 Å². The number of carbonyl (C=O) groups is 1. The second-order valence-corrected chi connectivity index (χ2v) is 5.24. The van der Waals surface area contributed by atoms with Gasteiger partial charge in [0.2, 0.25) is 10.1 Å². The largest absolute Gasteiger partial charge is 0.374 e. The van der Waals surface area contributed by atoms with Crippen molar-refractivity contribution in [1.82, 2.24) is 15.1 Å². The monoisotopic (exact) mass is 224 g/mol. The molecule has 1 saturated carbocycles. The topological polar surface area (TPSA) is 72.1 Å². The van der Waals surface area contributed by atoms with Crippen molar-refractivity contribution in [3.63, 3.8) is 0 Å². The van der Waals surface area contributed by atoms with E-state index in [1.807, 2.05) is 4.90 Å². The Morgan fingerprint density at radius 1 is 1.47 bits per heavy atom. The number of hydrogen-bond acceptors (Lipinski definition) is 5. The first-order valence-corrected chi connectivity index (χ1v) is 5.95. The molecule has 15 heavy (non-hydrogen) atoms. The van der Waals surface area contributed by atoms with E-state index in [9.17, 15) is 4.79 Å². The fraction of sp³-hybridized carbons (Fsp3) is 0.667. The summed E-state index contributed by atoms with van der Waals surface area (Å²) in [5.74, 6) is 0.723. The van der Waals surface area contributed by atoms with Gasteiger partial charge < -0.3 is 10.6 Å². The summed E-state index contributed by atoms with van der Waals surface area (Å²) in [6.45, 7) is 0.892. The Morgan fingerprint density at radius 2 is 2.33 bits per heavy atom. The van der Waals surface area contributed by atoms with E-state index in [1.54, 1.807) is 0 Å². The first-order chi connectivity index (χ1) is 7.24. The minimum absolute atomic E-state index is 0.0106.